The topological polar surface area (TPSA) is 49.4 Å². The predicted octanol–water partition coefficient (Wildman–Crippen LogP) is 2.11. The molecule has 0 aliphatic carbocycles. The van der Waals surface area contributed by atoms with Crippen LogP contribution in [0.25, 0.3) is 0 Å². The molecular weight excluding hydrogens is 240 g/mol. The Morgan fingerprint density at radius 1 is 1.37 bits per heavy atom. The molecule has 0 aromatic rings. The molecule has 1 heterocycles. The molecule has 4 nitrogen and oxygen atoms in total. The van der Waals surface area contributed by atoms with E-state index in [9.17, 15) is 9.59 Å². The highest BCUT2D eigenvalue weighted by Crippen LogP contribution is 2.25. The summed E-state index contributed by atoms with van der Waals surface area (Å²) in [7, 11) is 0. The van der Waals surface area contributed by atoms with Crippen molar-refractivity contribution in [1.82, 2.24) is 10.2 Å². The zero-order valence-electron chi connectivity index (χ0n) is 12.5. The SMILES string of the molecule is C/C=C/CCNC(=O)C1CCCN1C(=O)C(C)(C)C. The lowest BCUT2D eigenvalue weighted by Gasteiger charge is -2.30. The van der Waals surface area contributed by atoms with Gasteiger partial charge in [0.1, 0.15) is 6.04 Å². The number of carbonyl (C=O) groups is 2. The van der Waals surface area contributed by atoms with Crippen LogP contribution in [0.1, 0.15) is 47.0 Å². The van der Waals surface area contributed by atoms with Gasteiger partial charge in [0.2, 0.25) is 11.8 Å². The van der Waals surface area contributed by atoms with E-state index < -0.39 is 5.41 Å². The second-order valence-electron chi connectivity index (χ2n) is 6.06. The average molecular weight is 266 g/mol. The van der Waals surface area contributed by atoms with Crippen LogP contribution >= 0.6 is 0 Å². The Kier molecular flexibility index (Phi) is 5.58. The van der Waals surface area contributed by atoms with Crippen molar-refractivity contribution >= 4 is 11.8 Å². The Morgan fingerprint density at radius 2 is 2.05 bits per heavy atom. The molecule has 1 rings (SSSR count). The molecular formula is C15H26N2O2. The Hall–Kier alpha value is -1.32. The number of rotatable bonds is 4. The third-order valence-corrected chi connectivity index (χ3v) is 3.30. The lowest BCUT2D eigenvalue weighted by Crippen LogP contribution is -2.49. The second kappa shape index (κ2) is 6.73. The van der Waals surface area contributed by atoms with Crippen molar-refractivity contribution in [1.29, 1.82) is 0 Å². The summed E-state index contributed by atoms with van der Waals surface area (Å²) in [6.45, 7) is 8.99. The average Bonchev–Trinajstić information content (AvgIpc) is 2.81. The number of hydrogen-bond acceptors (Lipinski definition) is 2. The van der Waals surface area contributed by atoms with Gasteiger partial charge in [0.25, 0.3) is 0 Å². The molecule has 0 aromatic carbocycles. The standard InChI is InChI=1S/C15H26N2O2/c1-5-6-7-10-16-13(18)12-9-8-11-17(12)14(19)15(2,3)4/h5-6,12H,7-11H2,1-4H3,(H,16,18)/b6-5+. The van der Waals surface area contributed by atoms with Gasteiger partial charge < -0.3 is 10.2 Å². The highest BCUT2D eigenvalue weighted by molar-refractivity contribution is 5.90. The van der Waals surface area contributed by atoms with E-state index in [1.165, 1.54) is 0 Å². The van der Waals surface area contributed by atoms with Crippen LogP contribution < -0.4 is 5.32 Å². The predicted molar refractivity (Wildman–Crippen MR) is 76.6 cm³/mol. The maximum atomic E-state index is 12.3. The van der Waals surface area contributed by atoms with Gasteiger partial charge in [-0.25, -0.2) is 0 Å². The number of carbonyl (C=O) groups excluding carboxylic acids is 2. The molecule has 1 aliphatic heterocycles. The largest absolute Gasteiger partial charge is 0.354 e. The van der Waals surface area contributed by atoms with Gasteiger partial charge in [-0.3, -0.25) is 9.59 Å². The molecule has 19 heavy (non-hydrogen) atoms. The fourth-order valence-corrected chi connectivity index (χ4v) is 2.28. The number of nitrogens with one attached hydrogen (secondary N) is 1. The van der Waals surface area contributed by atoms with E-state index in [2.05, 4.69) is 5.32 Å². The van der Waals surface area contributed by atoms with Crippen LogP contribution in [0.4, 0.5) is 0 Å². The monoisotopic (exact) mass is 266 g/mol. The molecule has 108 valence electrons. The van der Waals surface area contributed by atoms with Crippen molar-refractivity contribution in [3.8, 4) is 0 Å². The second-order valence-corrected chi connectivity index (χ2v) is 6.06. The lowest BCUT2D eigenvalue weighted by atomic mass is 9.94. The van der Waals surface area contributed by atoms with E-state index >= 15 is 0 Å². The quantitative estimate of drug-likeness (QED) is 0.626. The highest BCUT2D eigenvalue weighted by Gasteiger charge is 2.38. The number of amides is 2. The molecule has 1 unspecified atom stereocenters. The molecule has 0 radical (unpaired) electrons. The molecule has 0 saturated carbocycles. The molecule has 1 aliphatic rings. The third-order valence-electron chi connectivity index (χ3n) is 3.30. The van der Waals surface area contributed by atoms with Gasteiger partial charge in [0, 0.05) is 18.5 Å². The van der Waals surface area contributed by atoms with Crippen molar-refractivity contribution in [3.05, 3.63) is 12.2 Å². The fraction of sp³-hybridized carbons (Fsp3) is 0.733. The van der Waals surface area contributed by atoms with Gasteiger partial charge in [-0.15, -0.1) is 0 Å². The van der Waals surface area contributed by atoms with Crippen molar-refractivity contribution < 1.29 is 9.59 Å². The summed E-state index contributed by atoms with van der Waals surface area (Å²) in [6.07, 6.45) is 6.51. The van der Waals surface area contributed by atoms with Crippen molar-refractivity contribution in [3.63, 3.8) is 0 Å². The smallest absolute Gasteiger partial charge is 0.242 e. The van der Waals surface area contributed by atoms with Crippen LogP contribution in [0.5, 0.6) is 0 Å². The molecule has 1 saturated heterocycles. The molecule has 1 fully saturated rings. The van der Waals surface area contributed by atoms with Crippen molar-refractivity contribution in [2.24, 2.45) is 5.41 Å². The van der Waals surface area contributed by atoms with Crippen LogP contribution in [0.3, 0.4) is 0 Å². The zero-order valence-corrected chi connectivity index (χ0v) is 12.5. The first-order chi connectivity index (χ1) is 8.88. The van der Waals surface area contributed by atoms with Crippen LogP contribution in [-0.2, 0) is 9.59 Å². The Labute approximate surface area is 116 Å². The third kappa shape index (κ3) is 4.37. The van der Waals surface area contributed by atoms with Crippen molar-refractivity contribution in [2.45, 2.75) is 53.0 Å². The summed E-state index contributed by atoms with van der Waals surface area (Å²) in [5.41, 5.74) is -0.423. The summed E-state index contributed by atoms with van der Waals surface area (Å²) >= 11 is 0. The Balaban J connectivity index is 2.56. The van der Waals surface area contributed by atoms with Gasteiger partial charge in [0.05, 0.1) is 0 Å². The summed E-state index contributed by atoms with van der Waals surface area (Å²) in [5, 5.41) is 2.91. The maximum Gasteiger partial charge on any atom is 0.242 e. The van der Waals surface area contributed by atoms with Gasteiger partial charge >= 0.3 is 0 Å². The maximum absolute atomic E-state index is 12.3. The molecule has 2 amide bonds. The number of likely N-dealkylation sites (tertiary alicyclic amines) is 1. The van der Waals surface area contributed by atoms with E-state index in [0.29, 0.717) is 13.1 Å². The van der Waals surface area contributed by atoms with Crippen LogP contribution in [0, 0.1) is 5.41 Å². The first-order valence-electron chi connectivity index (χ1n) is 7.08. The van der Waals surface area contributed by atoms with Crippen LogP contribution in [-0.4, -0.2) is 35.8 Å². The van der Waals surface area contributed by atoms with Crippen LogP contribution in [0.15, 0.2) is 12.2 Å². The highest BCUT2D eigenvalue weighted by atomic mass is 16.2. The van der Waals surface area contributed by atoms with Gasteiger partial charge in [-0.05, 0) is 26.2 Å². The van der Waals surface area contributed by atoms with Gasteiger partial charge in [-0.2, -0.15) is 0 Å². The van der Waals surface area contributed by atoms with E-state index in [1.807, 2.05) is 39.8 Å². The summed E-state index contributed by atoms with van der Waals surface area (Å²) in [5.74, 6) is 0.0539. The normalized spacial score (nSPS) is 20.0. The Morgan fingerprint density at radius 3 is 2.63 bits per heavy atom. The molecule has 4 heteroatoms. The van der Waals surface area contributed by atoms with E-state index in [4.69, 9.17) is 0 Å². The molecule has 0 spiro atoms. The van der Waals surface area contributed by atoms with Crippen LogP contribution in [0.2, 0.25) is 0 Å². The first kappa shape index (κ1) is 15.7. The molecule has 1 N–H and O–H groups in total. The molecule has 0 aromatic heterocycles. The zero-order chi connectivity index (χ0) is 14.5. The first-order valence-corrected chi connectivity index (χ1v) is 7.08. The lowest BCUT2D eigenvalue weighted by molar-refractivity contribution is -0.144. The molecule has 1 atom stereocenters. The Bertz CT molecular complexity index is 356. The van der Waals surface area contributed by atoms with Crippen molar-refractivity contribution in [2.75, 3.05) is 13.1 Å². The number of allylic oxidation sites excluding steroid dienone is 1. The number of hydrogen-bond donors (Lipinski definition) is 1. The molecule has 0 bridgehead atoms. The minimum absolute atomic E-state index is 0.0143. The fourth-order valence-electron chi connectivity index (χ4n) is 2.28. The minimum Gasteiger partial charge on any atom is -0.354 e. The van der Waals surface area contributed by atoms with Gasteiger partial charge in [-0.1, -0.05) is 32.9 Å². The number of nitrogens with zero attached hydrogens (tertiary/aromatic N) is 1. The van der Waals surface area contributed by atoms with E-state index in [0.717, 1.165) is 19.3 Å². The summed E-state index contributed by atoms with van der Waals surface area (Å²) in [4.78, 5) is 26.2. The minimum atomic E-state index is -0.423. The van der Waals surface area contributed by atoms with Gasteiger partial charge in [0.15, 0.2) is 0 Å². The van der Waals surface area contributed by atoms with E-state index in [-0.39, 0.29) is 17.9 Å². The summed E-state index contributed by atoms with van der Waals surface area (Å²) in [6, 6.07) is -0.280. The summed E-state index contributed by atoms with van der Waals surface area (Å²) < 4.78 is 0. The van der Waals surface area contributed by atoms with E-state index in [1.54, 1.807) is 4.90 Å².